The molecule has 0 saturated heterocycles. The van der Waals surface area contributed by atoms with Crippen LogP contribution in [0.1, 0.15) is 51.5 Å². The molecule has 0 bridgehead atoms. The van der Waals surface area contributed by atoms with Gasteiger partial charge in [0.2, 0.25) is 0 Å². The van der Waals surface area contributed by atoms with Gasteiger partial charge in [0.05, 0.1) is 0 Å². The van der Waals surface area contributed by atoms with Crippen LogP contribution in [0.3, 0.4) is 0 Å². The van der Waals surface area contributed by atoms with Crippen LogP contribution in [-0.2, 0) is 0 Å². The second-order valence-electron chi connectivity index (χ2n) is 4.82. The summed E-state index contributed by atoms with van der Waals surface area (Å²) in [5, 5.41) is 0.558. The fourth-order valence-corrected chi connectivity index (χ4v) is 2.21. The molecule has 0 N–H and O–H groups in total. The minimum absolute atomic E-state index is 0.109. The molecule has 110 valence electrons. The molecular formula is C17H21ClF2. The van der Waals surface area contributed by atoms with Crippen molar-refractivity contribution in [3.8, 4) is 0 Å². The number of hydrogen-bond acceptors (Lipinski definition) is 0. The summed E-state index contributed by atoms with van der Waals surface area (Å²) in [7, 11) is 0. The van der Waals surface area contributed by atoms with Crippen LogP contribution < -0.4 is 0 Å². The van der Waals surface area contributed by atoms with Crippen LogP contribution in [0.4, 0.5) is 8.78 Å². The van der Waals surface area contributed by atoms with Crippen LogP contribution >= 0.6 is 11.6 Å². The quantitative estimate of drug-likeness (QED) is 0.482. The Kier molecular flexibility index (Phi) is 7.53. The topological polar surface area (TPSA) is 0 Å². The van der Waals surface area contributed by atoms with Crippen LogP contribution in [0.15, 0.2) is 42.0 Å². The standard InChI is InChI=1S/C17H21ClF2/c1-3-5-7-13(6-4-2)12-16(17(19)20)14-8-10-15(18)11-9-14/h7-11H,3-6,12H2,1-2H3/b13-7+. The summed E-state index contributed by atoms with van der Waals surface area (Å²) in [5.74, 6) is 0. The van der Waals surface area contributed by atoms with Crippen molar-refractivity contribution in [2.75, 3.05) is 0 Å². The summed E-state index contributed by atoms with van der Waals surface area (Å²) in [4.78, 5) is 0. The molecular weight excluding hydrogens is 278 g/mol. The zero-order valence-electron chi connectivity index (χ0n) is 12.1. The lowest BCUT2D eigenvalue weighted by atomic mass is 9.96. The molecule has 0 aliphatic heterocycles. The molecule has 1 rings (SSSR count). The Bertz CT molecular complexity index is 468. The first-order chi connectivity index (χ1) is 9.58. The number of rotatable bonds is 7. The first-order valence-electron chi connectivity index (χ1n) is 7.06. The van der Waals surface area contributed by atoms with Gasteiger partial charge in [0, 0.05) is 10.6 Å². The van der Waals surface area contributed by atoms with Gasteiger partial charge in [-0.25, -0.2) is 0 Å². The third kappa shape index (κ3) is 5.46. The predicted octanol–water partition coefficient (Wildman–Crippen LogP) is 6.86. The summed E-state index contributed by atoms with van der Waals surface area (Å²) in [5.41, 5.74) is 1.75. The van der Waals surface area contributed by atoms with Crippen molar-refractivity contribution >= 4 is 17.2 Å². The smallest absolute Gasteiger partial charge is 0.173 e. The highest BCUT2D eigenvalue weighted by molar-refractivity contribution is 6.30. The summed E-state index contributed by atoms with van der Waals surface area (Å²) in [6.45, 7) is 4.16. The van der Waals surface area contributed by atoms with Gasteiger partial charge in [-0.2, -0.15) is 8.78 Å². The molecule has 0 heterocycles. The van der Waals surface area contributed by atoms with Crippen molar-refractivity contribution in [3.05, 3.63) is 52.6 Å². The molecule has 0 atom stereocenters. The van der Waals surface area contributed by atoms with Gasteiger partial charge in [-0.05, 0) is 37.0 Å². The van der Waals surface area contributed by atoms with Crippen LogP contribution in [0.5, 0.6) is 0 Å². The maximum absolute atomic E-state index is 13.2. The molecule has 0 spiro atoms. The second-order valence-corrected chi connectivity index (χ2v) is 5.26. The largest absolute Gasteiger partial charge is 0.274 e. The zero-order valence-corrected chi connectivity index (χ0v) is 12.8. The summed E-state index contributed by atoms with van der Waals surface area (Å²) < 4.78 is 26.5. The molecule has 0 nitrogen and oxygen atoms in total. The van der Waals surface area contributed by atoms with Crippen molar-refractivity contribution in [3.63, 3.8) is 0 Å². The Morgan fingerprint density at radius 1 is 1.10 bits per heavy atom. The minimum Gasteiger partial charge on any atom is -0.173 e. The third-order valence-corrected chi connectivity index (χ3v) is 3.37. The van der Waals surface area contributed by atoms with E-state index in [2.05, 4.69) is 19.9 Å². The highest BCUT2D eigenvalue weighted by atomic mass is 35.5. The van der Waals surface area contributed by atoms with E-state index in [4.69, 9.17) is 11.6 Å². The first-order valence-corrected chi connectivity index (χ1v) is 7.44. The number of hydrogen-bond donors (Lipinski definition) is 0. The SMILES string of the molecule is CCC/C=C(\CCC)CC(=C(F)F)c1ccc(Cl)cc1. The molecule has 1 aromatic rings. The summed E-state index contributed by atoms with van der Waals surface area (Å²) in [6.07, 6.45) is 4.62. The van der Waals surface area contributed by atoms with E-state index in [-0.39, 0.29) is 5.57 Å². The minimum atomic E-state index is -1.61. The van der Waals surface area contributed by atoms with Gasteiger partial charge in [-0.3, -0.25) is 0 Å². The van der Waals surface area contributed by atoms with Gasteiger partial charge in [0.15, 0.2) is 0 Å². The lowest BCUT2D eigenvalue weighted by molar-refractivity contribution is 0.423. The van der Waals surface area contributed by atoms with Gasteiger partial charge in [-0.1, -0.05) is 62.1 Å². The van der Waals surface area contributed by atoms with Gasteiger partial charge in [0.25, 0.3) is 6.08 Å². The molecule has 0 aliphatic carbocycles. The van der Waals surface area contributed by atoms with Crippen molar-refractivity contribution in [1.29, 1.82) is 0 Å². The van der Waals surface area contributed by atoms with Crippen molar-refractivity contribution < 1.29 is 8.78 Å². The number of halogens is 3. The monoisotopic (exact) mass is 298 g/mol. The molecule has 20 heavy (non-hydrogen) atoms. The van der Waals surface area contributed by atoms with Gasteiger partial charge < -0.3 is 0 Å². The molecule has 0 amide bonds. The zero-order chi connectivity index (χ0) is 15.0. The van der Waals surface area contributed by atoms with Gasteiger partial charge in [-0.15, -0.1) is 0 Å². The fraction of sp³-hybridized carbons (Fsp3) is 0.412. The lowest BCUT2D eigenvalue weighted by Gasteiger charge is -2.10. The molecule has 0 aromatic heterocycles. The summed E-state index contributed by atoms with van der Waals surface area (Å²) in [6, 6.07) is 6.60. The Labute approximate surface area is 125 Å². The van der Waals surface area contributed by atoms with E-state index in [1.54, 1.807) is 24.3 Å². The van der Waals surface area contributed by atoms with E-state index in [0.29, 0.717) is 17.0 Å². The van der Waals surface area contributed by atoms with Crippen LogP contribution in [0.25, 0.3) is 5.57 Å². The maximum Gasteiger partial charge on any atom is 0.274 e. The van der Waals surface area contributed by atoms with Crippen molar-refractivity contribution in [1.82, 2.24) is 0 Å². The Balaban J connectivity index is 2.97. The van der Waals surface area contributed by atoms with Crippen molar-refractivity contribution in [2.45, 2.75) is 46.0 Å². The first kappa shape index (κ1) is 16.9. The van der Waals surface area contributed by atoms with Gasteiger partial charge >= 0.3 is 0 Å². The predicted molar refractivity (Wildman–Crippen MR) is 83.1 cm³/mol. The van der Waals surface area contributed by atoms with E-state index in [1.807, 2.05) is 0 Å². The van der Waals surface area contributed by atoms with E-state index >= 15 is 0 Å². The third-order valence-electron chi connectivity index (χ3n) is 3.12. The van der Waals surface area contributed by atoms with E-state index in [9.17, 15) is 8.78 Å². The molecule has 0 fully saturated rings. The molecule has 0 saturated carbocycles. The highest BCUT2D eigenvalue weighted by Crippen LogP contribution is 2.30. The van der Waals surface area contributed by atoms with Crippen molar-refractivity contribution in [2.24, 2.45) is 0 Å². The van der Waals surface area contributed by atoms with Crippen LogP contribution in [0, 0.1) is 0 Å². The average Bonchev–Trinajstić information content (AvgIpc) is 2.42. The Morgan fingerprint density at radius 2 is 1.75 bits per heavy atom. The fourth-order valence-electron chi connectivity index (χ4n) is 2.09. The maximum atomic E-state index is 13.2. The van der Waals surface area contributed by atoms with Crippen LogP contribution in [-0.4, -0.2) is 0 Å². The summed E-state index contributed by atoms with van der Waals surface area (Å²) >= 11 is 5.80. The van der Waals surface area contributed by atoms with E-state index < -0.39 is 6.08 Å². The normalized spacial score (nSPS) is 11.6. The molecule has 0 aliphatic rings. The molecule has 1 aromatic carbocycles. The highest BCUT2D eigenvalue weighted by Gasteiger charge is 2.11. The van der Waals surface area contributed by atoms with Gasteiger partial charge in [0.1, 0.15) is 0 Å². The Hall–Kier alpha value is -1.15. The molecule has 0 unspecified atom stereocenters. The Morgan fingerprint density at radius 3 is 2.25 bits per heavy atom. The molecule has 0 radical (unpaired) electrons. The van der Waals surface area contributed by atoms with E-state index in [0.717, 1.165) is 31.3 Å². The number of allylic oxidation sites excluding steroid dienone is 3. The second kappa shape index (κ2) is 8.91. The number of benzene rings is 1. The molecule has 3 heteroatoms. The average molecular weight is 299 g/mol. The van der Waals surface area contributed by atoms with E-state index in [1.165, 1.54) is 0 Å². The van der Waals surface area contributed by atoms with Crippen LogP contribution in [0.2, 0.25) is 5.02 Å². The lowest BCUT2D eigenvalue weighted by Crippen LogP contribution is -1.92. The number of unbranched alkanes of at least 4 members (excludes halogenated alkanes) is 1.